The van der Waals surface area contributed by atoms with Gasteiger partial charge in [0.15, 0.2) is 0 Å². The Morgan fingerprint density at radius 3 is 1.92 bits per heavy atom. The van der Waals surface area contributed by atoms with Crippen LogP contribution in [0.25, 0.3) is 0 Å². The lowest BCUT2D eigenvalue weighted by atomic mass is 10.3. The van der Waals surface area contributed by atoms with E-state index >= 15 is 0 Å². The Morgan fingerprint density at radius 2 is 1.39 bits per heavy atom. The highest BCUT2D eigenvalue weighted by Gasteiger charge is 2.11. The Hall–Kier alpha value is -1.13. The second-order valence-corrected chi connectivity index (χ2v) is 10.9. The average molecular weight is 681 g/mol. The normalized spacial score (nSPS) is 12.1. The van der Waals surface area contributed by atoms with Crippen molar-refractivity contribution in [2.75, 3.05) is 42.5 Å². The number of phenolic OH excluding ortho intramolecular Hbond substituents is 1. The average Bonchev–Trinajstić information content (AvgIpc) is 2.91. The number of rotatable bonds is 2. The summed E-state index contributed by atoms with van der Waals surface area (Å²) in [5.74, 6) is 5.25. The molecule has 2 heterocycles. The maximum Gasteiger partial charge on any atom is 0.133 e. The first-order valence-electron chi connectivity index (χ1n) is 10.5. The van der Waals surface area contributed by atoms with E-state index in [0.717, 1.165) is 52.6 Å². The van der Waals surface area contributed by atoms with Crippen LogP contribution in [0.4, 0.5) is 0 Å². The Labute approximate surface area is 247 Å². The topological polar surface area (TPSA) is 47.9 Å². The van der Waals surface area contributed by atoms with Crippen LogP contribution < -0.4 is 14.2 Å². The molecule has 36 heavy (non-hydrogen) atoms. The van der Waals surface area contributed by atoms with Crippen LogP contribution in [-0.2, 0) is 0 Å². The van der Waals surface area contributed by atoms with Crippen molar-refractivity contribution in [3.8, 4) is 23.0 Å². The second-order valence-electron chi connectivity index (χ2n) is 6.52. The molecule has 2 aliphatic heterocycles. The third kappa shape index (κ3) is 12.9. The van der Waals surface area contributed by atoms with E-state index in [1.807, 2.05) is 66.0 Å². The monoisotopic (exact) mass is 678 g/mol. The van der Waals surface area contributed by atoms with Crippen LogP contribution in [0.15, 0.2) is 81.4 Å². The van der Waals surface area contributed by atoms with Gasteiger partial charge in [-0.05, 0) is 42.5 Å². The summed E-state index contributed by atoms with van der Waals surface area (Å²) in [7, 11) is 1.68. The summed E-state index contributed by atoms with van der Waals surface area (Å²) in [4.78, 5) is 3.07. The first-order valence-corrected chi connectivity index (χ1v) is 15.1. The minimum atomic E-state index is 0. The number of ether oxygens (including phenoxy) is 3. The van der Waals surface area contributed by atoms with Gasteiger partial charge in [0.05, 0.1) is 25.2 Å². The summed E-state index contributed by atoms with van der Waals surface area (Å²) in [6.07, 6.45) is 0. The van der Waals surface area contributed by atoms with Gasteiger partial charge < -0.3 is 19.3 Å². The number of hydrogen-bond acceptors (Lipinski definition) is 7. The standard InChI is InChI=1S/C9H10O2S.C8H8OS.C6H6OS.C2H4Br2.2CH4/c1-10-7-2-3-8-9(6-7)12-5-4-11-8;1-2-4-8-7(3-1)9-5-6-10-8;7-5-3-1-2-4-6(5)8;3-1-2-4;;/h2-3,6H,4-5H2,1H3;1-4H,5-6H2;1-4,7-8H;1-2H2;2*1H4. The van der Waals surface area contributed by atoms with E-state index in [9.17, 15) is 0 Å². The number of hydrogen-bond donors (Lipinski definition) is 2. The maximum absolute atomic E-state index is 8.84. The SMILES string of the molecule is BrCCBr.C.C.COc1ccc2c(c1)SCCO2.Oc1ccccc1S.c1ccc2c(c1)OCCS2. The molecule has 0 radical (unpaired) electrons. The third-order valence-corrected chi connectivity index (χ3v) is 8.41. The van der Waals surface area contributed by atoms with Gasteiger partial charge in [-0.15, -0.1) is 36.2 Å². The largest absolute Gasteiger partial charge is 0.507 e. The number of alkyl halides is 2. The fraction of sp³-hybridized carbons (Fsp3) is 0.333. The number of thiol groups is 1. The van der Waals surface area contributed by atoms with Gasteiger partial charge in [-0.1, -0.05) is 71.0 Å². The van der Waals surface area contributed by atoms with E-state index in [0.29, 0.717) is 4.90 Å². The molecule has 0 atom stereocenters. The van der Waals surface area contributed by atoms with Gasteiger partial charge in [-0.25, -0.2) is 0 Å². The van der Waals surface area contributed by atoms with Crippen molar-refractivity contribution >= 4 is 68.0 Å². The maximum atomic E-state index is 8.84. The Balaban J connectivity index is 0.000000470. The minimum absolute atomic E-state index is 0. The van der Waals surface area contributed by atoms with E-state index in [2.05, 4.69) is 50.6 Å². The molecule has 9 heteroatoms. The summed E-state index contributed by atoms with van der Waals surface area (Å²) < 4.78 is 16.0. The molecule has 2 aliphatic rings. The molecule has 0 aromatic heterocycles. The summed E-state index contributed by atoms with van der Waals surface area (Å²) >= 11 is 14.0. The molecule has 4 nitrogen and oxygen atoms in total. The Bertz CT molecular complexity index is 945. The Morgan fingerprint density at radius 1 is 0.833 bits per heavy atom. The molecular weight excluding hydrogens is 644 g/mol. The summed E-state index contributed by atoms with van der Waals surface area (Å²) in [5.41, 5.74) is 0. The van der Waals surface area contributed by atoms with Crippen molar-refractivity contribution in [1.29, 1.82) is 0 Å². The molecule has 0 saturated carbocycles. The van der Waals surface area contributed by atoms with Crippen molar-refractivity contribution in [2.24, 2.45) is 0 Å². The molecule has 5 rings (SSSR count). The molecule has 0 aliphatic carbocycles. The number of benzene rings is 3. The molecule has 0 amide bonds. The van der Waals surface area contributed by atoms with Gasteiger partial charge in [-0.2, -0.15) is 0 Å². The van der Waals surface area contributed by atoms with E-state index in [-0.39, 0.29) is 20.6 Å². The number of halogens is 2. The first-order chi connectivity index (χ1) is 16.6. The van der Waals surface area contributed by atoms with Crippen LogP contribution in [0.1, 0.15) is 14.9 Å². The number of methoxy groups -OCH3 is 1. The molecule has 1 N–H and O–H groups in total. The van der Waals surface area contributed by atoms with Crippen LogP contribution in [0.3, 0.4) is 0 Å². The van der Waals surface area contributed by atoms with Gasteiger partial charge in [0.2, 0.25) is 0 Å². The fourth-order valence-corrected chi connectivity index (χ4v) is 4.45. The summed E-state index contributed by atoms with van der Waals surface area (Å²) in [6.45, 7) is 1.66. The quantitative estimate of drug-likeness (QED) is 0.208. The van der Waals surface area contributed by atoms with Crippen LogP contribution >= 0.6 is 68.0 Å². The van der Waals surface area contributed by atoms with Crippen molar-refractivity contribution in [1.82, 2.24) is 0 Å². The molecule has 200 valence electrons. The van der Waals surface area contributed by atoms with Crippen LogP contribution in [-0.4, -0.2) is 47.6 Å². The van der Waals surface area contributed by atoms with E-state index < -0.39 is 0 Å². The number of para-hydroxylation sites is 2. The van der Waals surface area contributed by atoms with Crippen molar-refractivity contribution < 1.29 is 19.3 Å². The van der Waals surface area contributed by atoms with Crippen LogP contribution in [0, 0.1) is 0 Å². The predicted octanol–water partition coefficient (Wildman–Crippen LogP) is 9.08. The zero-order valence-corrected chi connectivity index (χ0v) is 24.5. The van der Waals surface area contributed by atoms with Gasteiger partial charge >= 0.3 is 0 Å². The van der Waals surface area contributed by atoms with E-state index in [1.54, 1.807) is 25.3 Å². The minimum Gasteiger partial charge on any atom is -0.507 e. The zero-order valence-electron chi connectivity index (χ0n) is 18.8. The van der Waals surface area contributed by atoms with E-state index in [4.69, 9.17) is 19.3 Å². The first kappa shape index (κ1) is 34.9. The fourth-order valence-electron chi connectivity index (χ4n) is 2.61. The Kier molecular flexibility index (Phi) is 20.2. The van der Waals surface area contributed by atoms with Crippen LogP contribution in [0.5, 0.6) is 23.0 Å². The van der Waals surface area contributed by atoms with Crippen molar-refractivity contribution in [3.63, 3.8) is 0 Å². The zero-order chi connectivity index (χ0) is 24.6. The van der Waals surface area contributed by atoms with Crippen molar-refractivity contribution in [2.45, 2.75) is 29.5 Å². The highest BCUT2D eigenvalue weighted by atomic mass is 79.9. The lowest BCUT2D eigenvalue weighted by Gasteiger charge is -2.16. The number of fused-ring (bicyclic) bond motifs is 2. The second kappa shape index (κ2) is 20.9. The number of aromatic hydroxyl groups is 1. The summed E-state index contributed by atoms with van der Waals surface area (Å²) in [5, 5.41) is 10.9. The van der Waals surface area contributed by atoms with Gasteiger partial charge in [0.25, 0.3) is 0 Å². The molecule has 3 aromatic rings. The van der Waals surface area contributed by atoms with Gasteiger partial charge in [0, 0.05) is 32.0 Å². The molecule has 0 saturated heterocycles. The van der Waals surface area contributed by atoms with Gasteiger partial charge in [-0.3, -0.25) is 0 Å². The molecule has 0 spiro atoms. The lowest BCUT2D eigenvalue weighted by molar-refractivity contribution is 0.328. The van der Waals surface area contributed by atoms with Gasteiger partial charge in [0.1, 0.15) is 23.0 Å². The smallest absolute Gasteiger partial charge is 0.133 e. The molecule has 0 unspecified atom stereocenters. The molecule has 3 aromatic carbocycles. The highest BCUT2D eigenvalue weighted by Crippen LogP contribution is 2.35. The van der Waals surface area contributed by atoms with E-state index in [1.165, 1.54) is 9.79 Å². The molecule has 0 bridgehead atoms. The highest BCUT2D eigenvalue weighted by molar-refractivity contribution is 9.11. The summed E-state index contributed by atoms with van der Waals surface area (Å²) in [6, 6.07) is 21.0. The van der Waals surface area contributed by atoms with Crippen LogP contribution in [0.2, 0.25) is 0 Å². The van der Waals surface area contributed by atoms with Crippen molar-refractivity contribution in [3.05, 3.63) is 66.7 Å². The predicted molar refractivity (Wildman–Crippen MR) is 168 cm³/mol. The third-order valence-electron chi connectivity index (χ3n) is 4.15. The lowest BCUT2D eigenvalue weighted by Crippen LogP contribution is -2.06. The molecule has 0 fully saturated rings. The number of thioether (sulfide) groups is 2. The molecular formula is C27H36Br2O4S3. The number of phenols is 1.